The molecule has 2 amide bonds. The Hall–Kier alpha value is -2.34. The number of para-hydroxylation sites is 1. The zero-order valence-electron chi connectivity index (χ0n) is 13.7. The quantitative estimate of drug-likeness (QED) is 0.927. The Morgan fingerprint density at radius 3 is 2.74 bits per heavy atom. The zero-order chi connectivity index (χ0) is 16.4. The molecule has 0 radical (unpaired) electrons. The predicted octanol–water partition coefficient (Wildman–Crippen LogP) is 2.82. The molecule has 1 saturated heterocycles. The number of aromatic nitrogens is 2. The lowest BCUT2D eigenvalue weighted by molar-refractivity contribution is -0.0720. The van der Waals surface area contributed by atoms with E-state index in [1.807, 2.05) is 57.3 Å². The fourth-order valence-corrected chi connectivity index (χ4v) is 2.67. The third-order valence-corrected chi connectivity index (χ3v) is 3.86. The summed E-state index contributed by atoms with van der Waals surface area (Å²) < 4.78 is 7.41. The molecule has 23 heavy (non-hydrogen) atoms. The summed E-state index contributed by atoms with van der Waals surface area (Å²) >= 11 is 0. The number of nitrogens with zero attached hydrogens (tertiary/aromatic N) is 3. The van der Waals surface area contributed by atoms with Gasteiger partial charge >= 0.3 is 6.03 Å². The van der Waals surface area contributed by atoms with Crippen LogP contribution < -0.4 is 5.32 Å². The average molecular weight is 314 g/mol. The number of hydrogen-bond donors (Lipinski definition) is 1. The summed E-state index contributed by atoms with van der Waals surface area (Å²) in [6, 6.07) is 9.69. The molecule has 6 heteroatoms. The maximum absolute atomic E-state index is 12.5. The van der Waals surface area contributed by atoms with Crippen LogP contribution in [0.3, 0.4) is 0 Å². The van der Waals surface area contributed by atoms with Crippen LogP contribution in [0, 0.1) is 6.92 Å². The van der Waals surface area contributed by atoms with Gasteiger partial charge in [-0.05, 0) is 32.9 Å². The van der Waals surface area contributed by atoms with Crippen molar-refractivity contribution in [2.45, 2.75) is 26.4 Å². The van der Waals surface area contributed by atoms with Gasteiger partial charge in [-0.3, -0.25) is 5.32 Å². The predicted molar refractivity (Wildman–Crippen MR) is 88.9 cm³/mol. The van der Waals surface area contributed by atoms with Gasteiger partial charge in [-0.15, -0.1) is 5.10 Å². The van der Waals surface area contributed by atoms with Crippen LogP contribution in [0.25, 0.3) is 5.69 Å². The lowest BCUT2D eigenvalue weighted by Crippen LogP contribution is -2.51. The van der Waals surface area contributed by atoms with E-state index < -0.39 is 0 Å². The Labute approximate surface area is 136 Å². The SMILES string of the molecule is Cc1cn(-c2ccccc2)nc1NC(=O)N1CCOC(C)(C)C1. The molecule has 0 aliphatic carbocycles. The monoisotopic (exact) mass is 314 g/mol. The van der Waals surface area contributed by atoms with Crippen LogP contribution in [0.1, 0.15) is 19.4 Å². The van der Waals surface area contributed by atoms with Crippen LogP contribution >= 0.6 is 0 Å². The van der Waals surface area contributed by atoms with Gasteiger partial charge in [-0.25, -0.2) is 9.48 Å². The van der Waals surface area contributed by atoms with Crippen molar-refractivity contribution in [1.82, 2.24) is 14.7 Å². The second-order valence-corrected chi connectivity index (χ2v) is 6.40. The maximum atomic E-state index is 12.5. The third-order valence-electron chi connectivity index (χ3n) is 3.86. The Morgan fingerprint density at radius 2 is 2.04 bits per heavy atom. The number of carbonyl (C=O) groups is 1. The minimum atomic E-state index is -0.311. The average Bonchev–Trinajstić information content (AvgIpc) is 2.88. The molecule has 3 rings (SSSR count). The first-order valence-corrected chi connectivity index (χ1v) is 7.76. The van der Waals surface area contributed by atoms with Gasteiger partial charge in [0, 0.05) is 18.3 Å². The molecule has 6 nitrogen and oxygen atoms in total. The Balaban J connectivity index is 1.73. The molecule has 0 spiro atoms. The van der Waals surface area contributed by atoms with E-state index in [2.05, 4.69) is 10.4 Å². The van der Waals surface area contributed by atoms with E-state index in [-0.39, 0.29) is 11.6 Å². The van der Waals surface area contributed by atoms with Crippen molar-refractivity contribution < 1.29 is 9.53 Å². The van der Waals surface area contributed by atoms with E-state index in [4.69, 9.17) is 4.74 Å². The molecule has 1 aliphatic heterocycles. The highest BCUT2D eigenvalue weighted by Crippen LogP contribution is 2.19. The summed E-state index contributed by atoms with van der Waals surface area (Å²) in [5.74, 6) is 0.586. The van der Waals surface area contributed by atoms with E-state index in [1.165, 1.54) is 0 Å². The maximum Gasteiger partial charge on any atom is 0.323 e. The van der Waals surface area contributed by atoms with Crippen LogP contribution in [-0.2, 0) is 4.74 Å². The molecule has 1 aromatic carbocycles. The molecule has 0 atom stereocenters. The van der Waals surface area contributed by atoms with Crippen LogP contribution in [0.15, 0.2) is 36.5 Å². The topological polar surface area (TPSA) is 59.4 Å². The first-order valence-electron chi connectivity index (χ1n) is 7.76. The fraction of sp³-hybridized carbons (Fsp3) is 0.412. The van der Waals surface area contributed by atoms with Gasteiger partial charge in [-0.1, -0.05) is 18.2 Å². The van der Waals surface area contributed by atoms with Crippen LogP contribution in [0.2, 0.25) is 0 Å². The molecule has 0 unspecified atom stereocenters. The Morgan fingerprint density at radius 1 is 1.30 bits per heavy atom. The van der Waals surface area contributed by atoms with E-state index in [9.17, 15) is 4.79 Å². The molecule has 1 N–H and O–H groups in total. The van der Waals surface area contributed by atoms with Crippen molar-refractivity contribution in [3.63, 3.8) is 0 Å². The minimum absolute atomic E-state index is 0.136. The van der Waals surface area contributed by atoms with Crippen molar-refractivity contribution in [3.8, 4) is 5.69 Å². The summed E-state index contributed by atoms with van der Waals surface area (Å²) in [5, 5.41) is 7.39. The lowest BCUT2D eigenvalue weighted by Gasteiger charge is -2.37. The summed E-state index contributed by atoms with van der Waals surface area (Å²) in [5.41, 5.74) is 1.58. The van der Waals surface area contributed by atoms with Crippen LogP contribution in [0.4, 0.5) is 10.6 Å². The molecule has 2 heterocycles. The summed E-state index contributed by atoms with van der Waals surface area (Å²) in [6.45, 7) is 7.62. The molecule has 0 saturated carbocycles. The summed E-state index contributed by atoms with van der Waals surface area (Å²) in [7, 11) is 0. The normalized spacial score (nSPS) is 17.1. The van der Waals surface area contributed by atoms with Crippen molar-refractivity contribution in [2.75, 3.05) is 25.0 Å². The number of nitrogens with one attached hydrogen (secondary N) is 1. The first kappa shape index (κ1) is 15.6. The van der Waals surface area contributed by atoms with Gasteiger partial charge in [0.15, 0.2) is 5.82 Å². The highest BCUT2D eigenvalue weighted by molar-refractivity contribution is 5.89. The van der Waals surface area contributed by atoms with Crippen molar-refractivity contribution >= 4 is 11.8 Å². The number of amides is 2. The molecule has 122 valence electrons. The smallest absolute Gasteiger partial charge is 0.323 e. The van der Waals surface area contributed by atoms with E-state index in [0.717, 1.165) is 11.3 Å². The second kappa shape index (κ2) is 6.04. The van der Waals surface area contributed by atoms with Crippen molar-refractivity contribution in [3.05, 3.63) is 42.1 Å². The molecular formula is C17H22N4O2. The third kappa shape index (κ3) is 3.53. The minimum Gasteiger partial charge on any atom is -0.372 e. The van der Waals surface area contributed by atoms with Gasteiger partial charge in [0.25, 0.3) is 0 Å². The van der Waals surface area contributed by atoms with E-state index >= 15 is 0 Å². The van der Waals surface area contributed by atoms with Crippen LogP contribution in [0.5, 0.6) is 0 Å². The number of carbonyl (C=O) groups excluding carboxylic acids is 1. The van der Waals surface area contributed by atoms with E-state index in [0.29, 0.717) is 25.5 Å². The standard InChI is InChI=1S/C17H22N4O2/c1-13-11-21(14-7-5-4-6-8-14)19-15(13)18-16(22)20-9-10-23-17(2,3)12-20/h4-8,11H,9-10,12H2,1-3H3,(H,18,19,22). The Kier molecular flexibility index (Phi) is 4.09. The number of rotatable bonds is 2. The molecule has 0 bridgehead atoms. The Bertz CT molecular complexity index is 694. The number of aryl methyl sites for hydroxylation is 1. The van der Waals surface area contributed by atoms with Gasteiger partial charge in [0.1, 0.15) is 0 Å². The van der Waals surface area contributed by atoms with Gasteiger partial charge in [0.05, 0.1) is 24.4 Å². The number of benzene rings is 1. The highest BCUT2D eigenvalue weighted by atomic mass is 16.5. The largest absolute Gasteiger partial charge is 0.372 e. The zero-order valence-corrected chi connectivity index (χ0v) is 13.7. The fourth-order valence-electron chi connectivity index (χ4n) is 2.67. The molecule has 1 fully saturated rings. The van der Waals surface area contributed by atoms with Crippen molar-refractivity contribution in [1.29, 1.82) is 0 Å². The number of ether oxygens (including phenoxy) is 1. The highest BCUT2D eigenvalue weighted by Gasteiger charge is 2.30. The summed E-state index contributed by atoms with van der Waals surface area (Å²) in [4.78, 5) is 14.2. The summed E-state index contributed by atoms with van der Waals surface area (Å²) in [6.07, 6.45) is 1.91. The van der Waals surface area contributed by atoms with Gasteiger partial charge < -0.3 is 9.64 Å². The number of morpholine rings is 1. The lowest BCUT2D eigenvalue weighted by atomic mass is 10.1. The molecule has 1 aliphatic rings. The molecule has 1 aromatic heterocycles. The van der Waals surface area contributed by atoms with Crippen molar-refractivity contribution in [2.24, 2.45) is 0 Å². The second-order valence-electron chi connectivity index (χ2n) is 6.40. The van der Waals surface area contributed by atoms with Gasteiger partial charge in [-0.2, -0.15) is 0 Å². The number of anilines is 1. The van der Waals surface area contributed by atoms with Crippen LogP contribution in [-0.4, -0.2) is 46.0 Å². The molecular weight excluding hydrogens is 292 g/mol. The van der Waals surface area contributed by atoms with Gasteiger partial charge in [0.2, 0.25) is 0 Å². The molecule has 2 aromatic rings. The first-order chi connectivity index (χ1) is 10.9. The number of hydrogen-bond acceptors (Lipinski definition) is 3. The number of urea groups is 1. The van der Waals surface area contributed by atoms with E-state index in [1.54, 1.807) is 9.58 Å².